The summed E-state index contributed by atoms with van der Waals surface area (Å²) >= 11 is 0. The molecule has 4 N–H and O–H groups in total. The molecular weight excluding hydrogens is 266 g/mol. The SMILES string of the molecule is N/C(=N/O)C(NC(=O)CC1CCCCC1)c1ccccc1. The summed E-state index contributed by atoms with van der Waals surface area (Å²) in [5.41, 5.74) is 6.53. The number of carbonyl (C=O) groups excluding carboxylic acids is 1. The Kier molecular flexibility index (Phi) is 5.60. The Morgan fingerprint density at radius 3 is 2.57 bits per heavy atom. The Balaban J connectivity index is 2.00. The average molecular weight is 289 g/mol. The van der Waals surface area contributed by atoms with Crippen LogP contribution in [0.25, 0.3) is 0 Å². The highest BCUT2D eigenvalue weighted by Gasteiger charge is 2.22. The normalized spacial score (nSPS) is 18.2. The molecule has 1 amide bonds. The van der Waals surface area contributed by atoms with E-state index in [0.717, 1.165) is 18.4 Å². The summed E-state index contributed by atoms with van der Waals surface area (Å²) in [4.78, 5) is 12.2. The lowest BCUT2D eigenvalue weighted by Crippen LogP contribution is -2.38. The highest BCUT2D eigenvalue weighted by atomic mass is 16.4. The number of hydrogen-bond donors (Lipinski definition) is 3. The molecule has 0 spiro atoms. The van der Waals surface area contributed by atoms with Crippen LogP contribution < -0.4 is 11.1 Å². The van der Waals surface area contributed by atoms with E-state index in [1.807, 2.05) is 30.3 Å². The van der Waals surface area contributed by atoms with Crippen molar-refractivity contribution in [1.29, 1.82) is 0 Å². The predicted octanol–water partition coefficient (Wildman–Crippen LogP) is 2.56. The van der Waals surface area contributed by atoms with Gasteiger partial charge >= 0.3 is 0 Å². The second kappa shape index (κ2) is 7.67. The number of nitrogens with two attached hydrogens (primary N) is 1. The number of rotatable bonds is 5. The van der Waals surface area contributed by atoms with Gasteiger partial charge in [-0.25, -0.2) is 0 Å². The van der Waals surface area contributed by atoms with Crippen LogP contribution in [0.2, 0.25) is 0 Å². The Bertz CT molecular complexity index is 482. The molecule has 1 aromatic carbocycles. The number of hydrogen-bond acceptors (Lipinski definition) is 3. The van der Waals surface area contributed by atoms with Gasteiger partial charge in [0.25, 0.3) is 0 Å². The summed E-state index contributed by atoms with van der Waals surface area (Å²) < 4.78 is 0. The summed E-state index contributed by atoms with van der Waals surface area (Å²) in [6.07, 6.45) is 6.44. The minimum atomic E-state index is -0.577. The van der Waals surface area contributed by atoms with Crippen molar-refractivity contribution in [3.05, 3.63) is 35.9 Å². The van der Waals surface area contributed by atoms with Gasteiger partial charge in [-0.1, -0.05) is 54.8 Å². The fourth-order valence-electron chi connectivity index (χ4n) is 2.90. The Morgan fingerprint density at radius 1 is 1.29 bits per heavy atom. The van der Waals surface area contributed by atoms with Gasteiger partial charge in [-0.3, -0.25) is 4.79 Å². The lowest BCUT2D eigenvalue weighted by molar-refractivity contribution is -0.122. The number of benzene rings is 1. The zero-order chi connectivity index (χ0) is 15.1. The number of carbonyl (C=O) groups is 1. The van der Waals surface area contributed by atoms with Crippen molar-refractivity contribution >= 4 is 11.7 Å². The van der Waals surface area contributed by atoms with E-state index in [0.29, 0.717) is 12.3 Å². The molecule has 1 aliphatic rings. The first kappa shape index (κ1) is 15.4. The van der Waals surface area contributed by atoms with Gasteiger partial charge in [-0.15, -0.1) is 0 Å². The maximum Gasteiger partial charge on any atom is 0.221 e. The molecular formula is C16H23N3O2. The van der Waals surface area contributed by atoms with Crippen LogP contribution in [0.1, 0.15) is 50.1 Å². The third-order valence-electron chi connectivity index (χ3n) is 4.05. The highest BCUT2D eigenvalue weighted by molar-refractivity contribution is 5.90. The molecule has 0 bridgehead atoms. The Hall–Kier alpha value is -2.04. The molecule has 0 aliphatic heterocycles. The van der Waals surface area contributed by atoms with Crippen molar-refractivity contribution in [3.8, 4) is 0 Å². The second-order valence-electron chi connectivity index (χ2n) is 5.64. The van der Waals surface area contributed by atoms with Crippen molar-refractivity contribution in [2.75, 3.05) is 0 Å². The summed E-state index contributed by atoms with van der Waals surface area (Å²) in [6.45, 7) is 0. The number of nitrogens with one attached hydrogen (secondary N) is 1. The zero-order valence-corrected chi connectivity index (χ0v) is 12.2. The predicted molar refractivity (Wildman–Crippen MR) is 81.9 cm³/mol. The topological polar surface area (TPSA) is 87.7 Å². The van der Waals surface area contributed by atoms with Gasteiger partial charge < -0.3 is 16.3 Å². The van der Waals surface area contributed by atoms with Gasteiger partial charge in [-0.05, 0) is 24.3 Å². The fourth-order valence-corrected chi connectivity index (χ4v) is 2.90. The summed E-state index contributed by atoms with van der Waals surface area (Å²) in [6, 6.07) is 8.73. The molecule has 2 rings (SSSR count). The van der Waals surface area contributed by atoms with Gasteiger partial charge in [0.2, 0.25) is 5.91 Å². The zero-order valence-electron chi connectivity index (χ0n) is 12.2. The molecule has 1 atom stereocenters. The van der Waals surface area contributed by atoms with Crippen LogP contribution in [0, 0.1) is 5.92 Å². The first-order valence-electron chi connectivity index (χ1n) is 7.52. The standard InChI is InChI=1S/C16H23N3O2/c17-16(19-21)15(13-9-5-2-6-10-13)18-14(20)11-12-7-3-1-4-8-12/h2,5-6,9-10,12,15,21H,1,3-4,7-8,11H2,(H2,17,19)(H,18,20). The fraction of sp³-hybridized carbons (Fsp3) is 0.500. The third-order valence-corrected chi connectivity index (χ3v) is 4.05. The Labute approximate surface area is 125 Å². The molecule has 1 saturated carbocycles. The lowest BCUT2D eigenvalue weighted by Gasteiger charge is -2.23. The number of amidine groups is 1. The van der Waals surface area contributed by atoms with E-state index >= 15 is 0 Å². The smallest absolute Gasteiger partial charge is 0.221 e. The molecule has 0 radical (unpaired) electrons. The van der Waals surface area contributed by atoms with Crippen molar-refractivity contribution in [2.24, 2.45) is 16.8 Å². The number of nitrogens with zero attached hydrogens (tertiary/aromatic N) is 1. The van der Waals surface area contributed by atoms with E-state index in [9.17, 15) is 4.79 Å². The molecule has 5 nitrogen and oxygen atoms in total. The van der Waals surface area contributed by atoms with Gasteiger partial charge in [0, 0.05) is 6.42 Å². The van der Waals surface area contributed by atoms with Crippen LogP contribution in [-0.2, 0) is 4.79 Å². The minimum absolute atomic E-state index is 0.00167. The maximum atomic E-state index is 12.2. The second-order valence-corrected chi connectivity index (χ2v) is 5.64. The van der Waals surface area contributed by atoms with E-state index in [4.69, 9.17) is 10.9 Å². The molecule has 21 heavy (non-hydrogen) atoms. The quantitative estimate of drug-likeness (QED) is 0.337. The minimum Gasteiger partial charge on any atom is -0.409 e. The molecule has 0 aromatic heterocycles. The third kappa shape index (κ3) is 4.48. The van der Waals surface area contributed by atoms with E-state index in [-0.39, 0.29) is 11.7 Å². The lowest BCUT2D eigenvalue weighted by atomic mass is 9.86. The average Bonchev–Trinajstić information content (AvgIpc) is 2.53. The first-order chi connectivity index (χ1) is 10.2. The number of oxime groups is 1. The first-order valence-corrected chi connectivity index (χ1v) is 7.52. The van der Waals surface area contributed by atoms with Crippen LogP contribution in [0.15, 0.2) is 35.5 Å². The summed E-state index contributed by atoms with van der Waals surface area (Å²) in [5.74, 6) is 0.419. The largest absolute Gasteiger partial charge is 0.409 e. The van der Waals surface area contributed by atoms with Crippen molar-refractivity contribution in [1.82, 2.24) is 5.32 Å². The monoisotopic (exact) mass is 289 g/mol. The van der Waals surface area contributed by atoms with Crippen LogP contribution in [0.3, 0.4) is 0 Å². The van der Waals surface area contributed by atoms with Gasteiger partial charge in [0.1, 0.15) is 6.04 Å². The van der Waals surface area contributed by atoms with Crippen molar-refractivity contribution in [2.45, 2.75) is 44.6 Å². The molecule has 0 saturated heterocycles. The highest BCUT2D eigenvalue weighted by Crippen LogP contribution is 2.26. The molecule has 1 fully saturated rings. The van der Waals surface area contributed by atoms with Crippen molar-refractivity contribution in [3.63, 3.8) is 0 Å². The van der Waals surface area contributed by atoms with Crippen molar-refractivity contribution < 1.29 is 10.0 Å². The molecule has 0 heterocycles. The van der Waals surface area contributed by atoms with E-state index in [1.165, 1.54) is 19.3 Å². The van der Waals surface area contributed by atoms with Gasteiger partial charge in [0.05, 0.1) is 0 Å². The number of amides is 1. The van der Waals surface area contributed by atoms with Gasteiger partial charge in [-0.2, -0.15) is 0 Å². The van der Waals surface area contributed by atoms with Crippen LogP contribution in [-0.4, -0.2) is 17.0 Å². The molecule has 5 heteroatoms. The summed E-state index contributed by atoms with van der Waals surface area (Å²) in [5, 5.41) is 14.8. The maximum absolute atomic E-state index is 12.2. The summed E-state index contributed by atoms with van der Waals surface area (Å²) in [7, 11) is 0. The Morgan fingerprint density at radius 2 is 1.95 bits per heavy atom. The van der Waals surface area contributed by atoms with E-state index in [1.54, 1.807) is 0 Å². The molecule has 1 aromatic rings. The van der Waals surface area contributed by atoms with E-state index in [2.05, 4.69) is 10.5 Å². The van der Waals surface area contributed by atoms with Crippen LogP contribution in [0.4, 0.5) is 0 Å². The van der Waals surface area contributed by atoms with E-state index < -0.39 is 6.04 Å². The van der Waals surface area contributed by atoms with Crippen LogP contribution >= 0.6 is 0 Å². The van der Waals surface area contributed by atoms with Gasteiger partial charge in [0.15, 0.2) is 5.84 Å². The van der Waals surface area contributed by atoms with Crippen LogP contribution in [0.5, 0.6) is 0 Å². The molecule has 1 aliphatic carbocycles. The molecule has 114 valence electrons. The molecule has 1 unspecified atom stereocenters.